The summed E-state index contributed by atoms with van der Waals surface area (Å²) in [6.07, 6.45) is 7.26. The number of hydrogen-bond donors (Lipinski definition) is 3. The molecule has 0 saturated heterocycles. The van der Waals surface area contributed by atoms with E-state index in [-0.39, 0.29) is 6.42 Å². The highest BCUT2D eigenvalue weighted by atomic mass is 16.4. The molecular formula is C11H22N2O2. The Kier molecular flexibility index (Phi) is 4.54. The van der Waals surface area contributed by atoms with E-state index in [2.05, 4.69) is 0 Å². The Labute approximate surface area is 91.0 Å². The van der Waals surface area contributed by atoms with Gasteiger partial charge in [-0.1, -0.05) is 19.3 Å². The van der Waals surface area contributed by atoms with Crippen LogP contribution in [0.1, 0.15) is 51.4 Å². The van der Waals surface area contributed by atoms with E-state index in [1.807, 2.05) is 0 Å². The molecule has 0 aromatic heterocycles. The molecule has 1 aliphatic rings. The minimum atomic E-state index is -0.769. The fourth-order valence-electron chi connectivity index (χ4n) is 2.39. The fraction of sp³-hybridized carbons (Fsp3) is 0.909. The second kappa shape index (κ2) is 5.47. The molecule has 0 heterocycles. The molecule has 0 aromatic carbocycles. The molecule has 1 aliphatic carbocycles. The van der Waals surface area contributed by atoms with Gasteiger partial charge in [0, 0.05) is 6.42 Å². The van der Waals surface area contributed by atoms with Crippen LogP contribution in [0.4, 0.5) is 0 Å². The van der Waals surface area contributed by atoms with Crippen LogP contribution in [0.3, 0.4) is 0 Å². The van der Waals surface area contributed by atoms with Crippen LogP contribution in [-0.4, -0.2) is 16.7 Å². The summed E-state index contributed by atoms with van der Waals surface area (Å²) in [5.41, 5.74) is 11.5. The van der Waals surface area contributed by atoms with Gasteiger partial charge in [0.15, 0.2) is 0 Å². The zero-order valence-electron chi connectivity index (χ0n) is 9.24. The van der Waals surface area contributed by atoms with Gasteiger partial charge in [-0.3, -0.25) is 4.79 Å². The van der Waals surface area contributed by atoms with Gasteiger partial charge in [0.2, 0.25) is 0 Å². The molecule has 4 nitrogen and oxygen atoms in total. The summed E-state index contributed by atoms with van der Waals surface area (Å²) in [6.45, 7) is 0. The highest BCUT2D eigenvalue weighted by molar-refractivity contribution is 5.66. The van der Waals surface area contributed by atoms with Crippen molar-refractivity contribution in [1.82, 2.24) is 0 Å². The Bertz CT molecular complexity index is 211. The SMILES string of the molecule is NC(N)(CCCC(=O)O)C1CCCCC1. The summed E-state index contributed by atoms with van der Waals surface area (Å²) in [5, 5.41) is 8.54. The first-order chi connectivity index (χ1) is 7.02. The van der Waals surface area contributed by atoms with E-state index in [4.69, 9.17) is 16.6 Å². The van der Waals surface area contributed by atoms with E-state index in [0.29, 0.717) is 18.8 Å². The van der Waals surface area contributed by atoms with Crippen LogP contribution in [0.2, 0.25) is 0 Å². The summed E-state index contributed by atoms with van der Waals surface area (Å²) in [5.74, 6) is -0.394. The number of rotatable bonds is 5. The summed E-state index contributed by atoms with van der Waals surface area (Å²) in [7, 11) is 0. The number of nitrogens with two attached hydrogens (primary N) is 2. The highest BCUT2D eigenvalue weighted by Crippen LogP contribution is 2.31. The highest BCUT2D eigenvalue weighted by Gasteiger charge is 2.31. The van der Waals surface area contributed by atoms with E-state index < -0.39 is 11.6 Å². The van der Waals surface area contributed by atoms with Gasteiger partial charge >= 0.3 is 5.97 Å². The van der Waals surface area contributed by atoms with Gasteiger partial charge < -0.3 is 16.6 Å². The minimum absolute atomic E-state index is 0.170. The maximum atomic E-state index is 10.4. The predicted octanol–water partition coefficient (Wildman–Crippen LogP) is 1.44. The molecular weight excluding hydrogens is 192 g/mol. The van der Waals surface area contributed by atoms with Crippen molar-refractivity contribution < 1.29 is 9.90 Å². The molecule has 15 heavy (non-hydrogen) atoms. The summed E-state index contributed by atoms with van der Waals surface area (Å²) >= 11 is 0. The van der Waals surface area contributed by atoms with Crippen molar-refractivity contribution >= 4 is 5.97 Å². The van der Waals surface area contributed by atoms with Crippen LogP contribution >= 0.6 is 0 Å². The van der Waals surface area contributed by atoms with Gasteiger partial charge in [0.1, 0.15) is 0 Å². The van der Waals surface area contributed by atoms with E-state index in [1.165, 1.54) is 19.3 Å². The first-order valence-electron chi connectivity index (χ1n) is 5.82. The quantitative estimate of drug-likeness (QED) is 0.604. The molecule has 88 valence electrons. The average molecular weight is 214 g/mol. The smallest absolute Gasteiger partial charge is 0.303 e. The normalized spacial score (nSPS) is 19.1. The Morgan fingerprint density at radius 1 is 1.27 bits per heavy atom. The lowest BCUT2D eigenvalue weighted by atomic mass is 9.78. The van der Waals surface area contributed by atoms with Crippen molar-refractivity contribution in [3.8, 4) is 0 Å². The molecule has 0 radical (unpaired) electrons. The predicted molar refractivity (Wildman–Crippen MR) is 59.2 cm³/mol. The van der Waals surface area contributed by atoms with Gasteiger partial charge in [-0.2, -0.15) is 0 Å². The molecule has 0 aromatic rings. The summed E-state index contributed by atoms with van der Waals surface area (Å²) < 4.78 is 0. The first kappa shape index (κ1) is 12.5. The second-order valence-electron chi connectivity index (χ2n) is 4.69. The van der Waals surface area contributed by atoms with Crippen LogP contribution in [0.15, 0.2) is 0 Å². The molecule has 4 heteroatoms. The van der Waals surface area contributed by atoms with Gasteiger partial charge in [-0.05, 0) is 31.6 Å². The van der Waals surface area contributed by atoms with Crippen molar-refractivity contribution in [2.45, 2.75) is 57.0 Å². The van der Waals surface area contributed by atoms with E-state index in [0.717, 1.165) is 12.8 Å². The lowest BCUT2D eigenvalue weighted by Crippen LogP contribution is -2.56. The van der Waals surface area contributed by atoms with Crippen LogP contribution in [-0.2, 0) is 4.79 Å². The van der Waals surface area contributed by atoms with E-state index >= 15 is 0 Å². The van der Waals surface area contributed by atoms with Crippen LogP contribution in [0.5, 0.6) is 0 Å². The molecule has 0 amide bonds. The molecule has 1 fully saturated rings. The lowest BCUT2D eigenvalue weighted by Gasteiger charge is -2.36. The third-order valence-electron chi connectivity index (χ3n) is 3.37. The Hall–Kier alpha value is -0.610. The number of aliphatic carboxylic acids is 1. The van der Waals surface area contributed by atoms with Crippen molar-refractivity contribution in [2.24, 2.45) is 17.4 Å². The van der Waals surface area contributed by atoms with Gasteiger partial charge in [-0.15, -0.1) is 0 Å². The minimum Gasteiger partial charge on any atom is -0.481 e. The van der Waals surface area contributed by atoms with Crippen LogP contribution in [0.25, 0.3) is 0 Å². The van der Waals surface area contributed by atoms with Gasteiger partial charge in [0.05, 0.1) is 5.66 Å². The number of carboxylic acids is 1. The topological polar surface area (TPSA) is 89.3 Å². The molecule has 0 atom stereocenters. The zero-order chi connectivity index (χ0) is 11.3. The average Bonchev–Trinajstić information content (AvgIpc) is 2.18. The molecule has 0 aliphatic heterocycles. The van der Waals surface area contributed by atoms with Crippen molar-refractivity contribution in [3.05, 3.63) is 0 Å². The third kappa shape index (κ3) is 4.18. The zero-order valence-corrected chi connectivity index (χ0v) is 9.24. The van der Waals surface area contributed by atoms with Crippen molar-refractivity contribution in [3.63, 3.8) is 0 Å². The van der Waals surface area contributed by atoms with Gasteiger partial charge in [-0.25, -0.2) is 0 Å². The summed E-state index contributed by atoms with van der Waals surface area (Å²) in [4.78, 5) is 10.4. The summed E-state index contributed by atoms with van der Waals surface area (Å²) in [6, 6.07) is 0. The molecule has 0 spiro atoms. The molecule has 1 rings (SSSR count). The van der Waals surface area contributed by atoms with Crippen molar-refractivity contribution in [1.29, 1.82) is 0 Å². The Morgan fingerprint density at radius 2 is 1.87 bits per heavy atom. The maximum absolute atomic E-state index is 10.4. The van der Waals surface area contributed by atoms with Crippen LogP contribution in [0, 0.1) is 5.92 Å². The maximum Gasteiger partial charge on any atom is 0.303 e. The lowest BCUT2D eigenvalue weighted by molar-refractivity contribution is -0.137. The van der Waals surface area contributed by atoms with E-state index in [9.17, 15) is 4.79 Å². The number of hydrogen-bond acceptors (Lipinski definition) is 3. The largest absolute Gasteiger partial charge is 0.481 e. The third-order valence-corrected chi connectivity index (χ3v) is 3.37. The Balaban J connectivity index is 2.32. The monoisotopic (exact) mass is 214 g/mol. The van der Waals surface area contributed by atoms with Gasteiger partial charge in [0.25, 0.3) is 0 Å². The van der Waals surface area contributed by atoms with Crippen molar-refractivity contribution in [2.75, 3.05) is 0 Å². The molecule has 0 unspecified atom stereocenters. The van der Waals surface area contributed by atoms with E-state index in [1.54, 1.807) is 0 Å². The molecule has 0 bridgehead atoms. The Morgan fingerprint density at radius 3 is 2.40 bits per heavy atom. The fourth-order valence-corrected chi connectivity index (χ4v) is 2.39. The standard InChI is InChI=1S/C11H22N2O2/c12-11(13,8-4-7-10(14)15)9-5-2-1-3-6-9/h9H,1-8,12-13H2,(H,14,15). The number of carbonyl (C=O) groups is 1. The van der Waals surface area contributed by atoms with Crippen LogP contribution < -0.4 is 11.5 Å². The number of carboxylic acid groups (broad SMARTS) is 1. The molecule has 5 N–H and O–H groups in total. The molecule has 1 saturated carbocycles. The first-order valence-corrected chi connectivity index (χ1v) is 5.82. The second-order valence-corrected chi connectivity index (χ2v) is 4.69.